The van der Waals surface area contributed by atoms with Crippen molar-refractivity contribution in [1.29, 1.82) is 0 Å². The monoisotopic (exact) mass is 253 g/mol. The fourth-order valence-electron chi connectivity index (χ4n) is 1.69. The van der Waals surface area contributed by atoms with Crippen LogP contribution in [-0.2, 0) is 4.79 Å². The normalized spacial score (nSPS) is 12.4. The molecule has 0 saturated heterocycles. The predicted molar refractivity (Wildman–Crippen MR) is 66.5 cm³/mol. The van der Waals surface area contributed by atoms with Gasteiger partial charge in [-0.1, -0.05) is 20.8 Å². The molecule has 100 valence electrons. The van der Waals surface area contributed by atoms with Crippen molar-refractivity contribution in [2.75, 3.05) is 6.54 Å². The van der Waals surface area contributed by atoms with Crippen molar-refractivity contribution in [2.24, 2.45) is 5.92 Å². The number of aliphatic carboxylic acids is 1. The molecule has 0 spiro atoms. The number of amides is 1. The molecule has 0 aliphatic carbocycles. The molecule has 1 amide bonds. The molecule has 0 saturated carbocycles. The quantitative estimate of drug-likeness (QED) is 0.814. The largest absolute Gasteiger partial charge is 0.481 e. The summed E-state index contributed by atoms with van der Waals surface area (Å²) in [5, 5.41) is 11.3. The summed E-state index contributed by atoms with van der Waals surface area (Å²) in [5.74, 6) is -0.385. The Balaban J connectivity index is 2.55. The van der Waals surface area contributed by atoms with Crippen LogP contribution in [0.4, 0.5) is 0 Å². The zero-order chi connectivity index (χ0) is 13.7. The van der Waals surface area contributed by atoms with Gasteiger partial charge in [0.2, 0.25) is 0 Å². The molecule has 0 aliphatic rings. The molecule has 1 aromatic rings. The Bertz CT molecular complexity index is 422. The number of hydrogen-bond donors (Lipinski definition) is 2. The first-order valence-corrected chi connectivity index (χ1v) is 5.99. The average molecular weight is 253 g/mol. The molecule has 0 aromatic carbocycles. The summed E-state index contributed by atoms with van der Waals surface area (Å²) in [4.78, 5) is 22.4. The van der Waals surface area contributed by atoms with Gasteiger partial charge in [-0.15, -0.1) is 0 Å². The van der Waals surface area contributed by atoms with Crippen LogP contribution in [-0.4, -0.2) is 23.5 Å². The Kier molecular flexibility index (Phi) is 4.95. The fraction of sp³-hybridized carbons (Fsp3) is 0.538. The summed E-state index contributed by atoms with van der Waals surface area (Å²) in [6, 6.07) is 1.63. The van der Waals surface area contributed by atoms with Crippen molar-refractivity contribution in [2.45, 2.75) is 33.1 Å². The Hall–Kier alpha value is -1.78. The van der Waals surface area contributed by atoms with E-state index in [1.807, 2.05) is 13.8 Å². The number of rotatable bonds is 6. The summed E-state index contributed by atoms with van der Waals surface area (Å²) in [6.07, 6.45) is 1.54. The van der Waals surface area contributed by atoms with Gasteiger partial charge in [-0.25, -0.2) is 0 Å². The number of furan rings is 1. The second-order valence-electron chi connectivity index (χ2n) is 4.77. The molecule has 0 aliphatic heterocycles. The second-order valence-corrected chi connectivity index (χ2v) is 4.77. The van der Waals surface area contributed by atoms with E-state index >= 15 is 0 Å². The van der Waals surface area contributed by atoms with Crippen LogP contribution in [0.2, 0.25) is 0 Å². The van der Waals surface area contributed by atoms with Gasteiger partial charge < -0.3 is 14.8 Å². The molecule has 18 heavy (non-hydrogen) atoms. The van der Waals surface area contributed by atoms with Gasteiger partial charge in [0.05, 0.1) is 11.8 Å². The number of nitrogens with one attached hydrogen (secondary N) is 1. The first-order valence-electron chi connectivity index (χ1n) is 5.99. The molecule has 1 aromatic heterocycles. The predicted octanol–water partition coefficient (Wildman–Crippen LogP) is 2.24. The van der Waals surface area contributed by atoms with Crippen molar-refractivity contribution in [1.82, 2.24) is 5.32 Å². The lowest BCUT2D eigenvalue weighted by molar-refractivity contribution is -0.137. The van der Waals surface area contributed by atoms with Gasteiger partial charge in [-0.05, 0) is 12.0 Å². The summed E-state index contributed by atoms with van der Waals surface area (Å²) in [5.41, 5.74) is 0.521. The third kappa shape index (κ3) is 3.91. The Morgan fingerprint density at radius 3 is 2.61 bits per heavy atom. The number of carboxylic acid groups (broad SMARTS) is 1. The van der Waals surface area contributed by atoms with Crippen molar-refractivity contribution in [3.8, 4) is 0 Å². The van der Waals surface area contributed by atoms with Crippen LogP contribution in [0.5, 0.6) is 0 Å². The minimum absolute atomic E-state index is 0.0443. The van der Waals surface area contributed by atoms with Gasteiger partial charge in [0.15, 0.2) is 0 Å². The van der Waals surface area contributed by atoms with E-state index in [1.165, 1.54) is 6.26 Å². The maximum atomic E-state index is 11.9. The molecule has 5 nitrogen and oxygen atoms in total. The molecule has 1 heterocycles. The highest BCUT2D eigenvalue weighted by Gasteiger charge is 2.17. The van der Waals surface area contributed by atoms with Gasteiger partial charge in [-0.3, -0.25) is 9.59 Å². The zero-order valence-electron chi connectivity index (χ0n) is 10.9. The molecular weight excluding hydrogens is 234 g/mol. The smallest absolute Gasteiger partial charge is 0.303 e. The molecule has 5 heteroatoms. The van der Waals surface area contributed by atoms with Crippen LogP contribution in [0.15, 0.2) is 16.7 Å². The molecule has 0 radical (unpaired) electrons. The highest BCUT2D eigenvalue weighted by Crippen LogP contribution is 2.20. The summed E-state index contributed by atoms with van der Waals surface area (Å²) >= 11 is 0. The molecule has 1 atom stereocenters. The minimum Gasteiger partial charge on any atom is -0.481 e. The maximum Gasteiger partial charge on any atom is 0.303 e. The van der Waals surface area contributed by atoms with E-state index in [0.717, 1.165) is 0 Å². The number of carboxylic acids is 1. The Morgan fingerprint density at radius 1 is 1.39 bits per heavy atom. The van der Waals surface area contributed by atoms with E-state index < -0.39 is 5.97 Å². The SMILES string of the molecule is CC(CNC(=O)c1ccoc1C(C)C)CC(=O)O. The first-order chi connectivity index (χ1) is 8.41. The standard InChI is InChI=1S/C13H19NO4/c1-8(2)12-10(4-5-18-12)13(17)14-7-9(3)6-11(15)16/h4-5,8-9H,6-7H2,1-3H3,(H,14,17)(H,15,16). The van der Waals surface area contributed by atoms with Gasteiger partial charge in [-0.2, -0.15) is 0 Å². The molecule has 0 fully saturated rings. The van der Waals surface area contributed by atoms with Crippen molar-refractivity contribution in [3.05, 3.63) is 23.7 Å². The lowest BCUT2D eigenvalue weighted by Gasteiger charge is -2.11. The van der Waals surface area contributed by atoms with Gasteiger partial charge in [0.1, 0.15) is 5.76 Å². The summed E-state index contributed by atoms with van der Waals surface area (Å²) in [6.45, 7) is 6.02. The molecular formula is C13H19NO4. The zero-order valence-corrected chi connectivity index (χ0v) is 10.9. The maximum absolute atomic E-state index is 11.9. The first kappa shape index (κ1) is 14.3. The Morgan fingerprint density at radius 2 is 2.06 bits per heavy atom. The van der Waals surface area contributed by atoms with E-state index in [0.29, 0.717) is 17.9 Å². The van der Waals surface area contributed by atoms with Crippen LogP contribution in [0.25, 0.3) is 0 Å². The van der Waals surface area contributed by atoms with E-state index in [2.05, 4.69) is 5.32 Å². The lowest BCUT2D eigenvalue weighted by atomic mass is 10.1. The average Bonchev–Trinajstić information content (AvgIpc) is 2.73. The van der Waals surface area contributed by atoms with E-state index in [-0.39, 0.29) is 24.2 Å². The van der Waals surface area contributed by atoms with Crippen molar-refractivity contribution >= 4 is 11.9 Å². The van der Waals surface area contributed by atoms with Gasteiger partial charge in [0, 0.05) is 18.9 Å². The second kappa shape index (κ2) is 6.23. The molecule has 2 N–H and O–H groups in total. The van der Waals surface area contributed by atoms with Crippen LogP contribution in [0, 0.1) is 5.92 Å². The number of hydrogen-bond acceptors (Lipinski definition) is 3. The van der Waals surface area contributed by atoms with Crippen molar-refractivity contribution < 1.29 is 19.1 Å². The highest BCUT2D eigenvalue weighted by atomic mass is 16.4. The van der Waals surface area contributed by atoms with E-state index in [4.69, 9.17) is 9.52 Å². The lowest BCUT2D eigenvalue weighted by Crippen LogP contribution is -2.29. The van der Waals surface area contributed by atoms with Crippen LogP contribution < -0.4 is 5.32 Å². The number of carbonyl (C=O) groups is 2. The molecule has 0 bridgehead atoms. The summed E-state index contributed by atoms with van der Waals surface area (Å²) < 4.78 is 5.26. The topological polar surface area (TPSA) is 79.5 Å². The third-order valence-electron chi connectivity index (χ3n) is 2.60. The van der Waals surface area contributed by atoms with E-state index in [9.17, 15) is 9.59 Å². The fourth-order valence-corrected chi connectivity index (χ4v) is 1.69. The van der Waals surface area contributed by atoms with E-state index in [1.54, 1.807) is 13.0 Å². The van der Waals surface area contributed by atoms with Crippen LogP contribution >= 0.6 is 0 Å². The Labute approximate surface area is 106 Å². The van der Waals surface area contributed by atoms with Crippen LogP contribution in [0.3, 0.4) is 0 Å². The van der Waals surface area contributed by atoms with Crippen molar-refractivity contribution in [3.63, 3.8) is 0 Å². The highest BCUT2D eigenvalue weighted by molar-refractivity contribution is 5.95. The van der Waals surface area contributed by atoms with Gasteiger partial charge in [0.25, 0.3) is 5.91 Å². The minimum atomic E-state index is -0.858. The third-order valence-corrected chi connectivity index (χ3v) is 2.60. The number of carbonyl (C=O) groups excluding carboxylic acids is 1. The molecule has 1 unspecified atom stereocenters. The van der Waals surface area contributed by atoms with Gasteiger partial charge >= 0.3 is 5.97 Å². The van der Waals surface area contributed by atoms with Crippen LogP contribution in [0.1, 0.15) is 49.2 Å². The summed E-state index contributed by atoms with van der Waals surface area (Å²) in [7, 11) is 0. The molecule has 1 rings (SSSR count).